The number of benzene rings is 4. The standard InChI is InChI=1S/C55H70F2N6O9S2/c1-5-73(69,70)62-27-23-58(24-28-62)19-21-60-33-45(53(66)39-11-7-13-41(64)31-39)51(43-15-9-17-49(56)37(43)3)47(35-60)55(68)48-36-61(22-20-59-25-29-63(30-26-59)74(71,72)6-2)34-46(54(67)40-12-8-14-42(65)32-40)52(48)44-16-10-18-50(57)38(44)4/h7-18,31-32,45-48,51-52,64-65H,5-6,19-30,33-36H2,1-4H3. The van der Waals surface area contributed by atoms with E-state index in [1.807, 2.05) is 0 Å². The van der Waals surface area contributed by atoms with Gasteiger partial charge in [-0.05, 0) is 86.3 Å². The van der Waals surface area contributed by atoms with E-state index in [9.17, 15) is 27.0 Å². The molecular weight excluding hydrogens is 991 g/mol. The SMILES string of the molecule is CCS(=O)(=O)N1CCN(CCN2CC(C(=O)c3cccc(O)c3)C(c3cccc(F)c3C)C(C(=O)C3CN(CCN4CCN(S(=O)(=O)CC)CC4)CC(C(=O)c4cccc(O)c4)C3c3cccc(F)c3C)C2)CC1. The highest BCUT2D eigenvalue weighted by Crippen LogP contribution is 2.48. The summed E-state index contributed by atoms with van der Waals surface area (Å²) >= 11 is 0. The lowest BCUT2D eigenvalue weighted by atomic mass is 9.62. The third kappa shape index (κ3) is 12.2. The maximum Gasteiger partial charge on any atom is 0.213 e. The fourth-order valence-corrected chi connectivity index (χ4v) is 14.1. The molecule has 4 aliphatic rings. The third-order valence-corrected chi connectivity index (χ3v) is 20.0. The number of piperazine rings is 2. The number of ketones is 3. The van der Waals surface area contributed by atoms with E-state index in [1.54, 1.807) is 76.2 Å². The highest BCUT2D eigenvalue weighted by atomic mass is 32.2. The number of piperidine rings is 2. The fraction of sp³-hybridized carbons (Fsp3) is 0.509. The number of aromatic hydroxyl groups is 2. The van der Waals surface area contributed by atoms with Crippen molar-refractivity contribution in [2.75, 3.05) is 116 Å². The zero-order chi connectivity index (χ0) is 53.1. The van der Waals surface area contributed by atoms with Crippen LogP contribution in [-0.2, 0) is 24.8 Å². The second-order valence-electron chi connectivity index (χ2n) is 20.4. The van der Waals surface area contributed by atoms with Crippen LogP contribution in [0.25, 0.3) is 0 Å². The maximum atomic E-state index is 16.6. The first kappa shape index (κ1) is 55.2. The van der Waals surface area contributed by atoms with E-state index in [-0.39, 0.29) is 88.8 Å². The van der Waals surface area contributed by atoms with Crippen LogP contribution >= 0.6 is 0 Å². The average molecular weight is 1060 g/mol. The van der Waals surface area contributed by atoms with Crippen molar-refractivity contribution in [2.45, 2.75) is 39.5 Å². The molecule has 0 aromatic heterocycles. The number of hydrogen-bond acceptors (Lipinski definition) is 13. The minimum absolute atomic E-state index is 0.00455. The fourth-order valence-electron chi connectivity index (χ4n) is 11.9. The highest BCUT2D eigenvalue weighted by Gasteiger charge is 2.52. The van der Waals surface area contributed by atoms with Gasteiger partial charge in [0.1, 0.15) is 28.9 Å². The molecule has 4 aliphatic heterocycles. The van der Waals surface area contributed by atoms with Gasteiger partial charge in [0, 0.05) is 151 Å². The van der Waals surface area contributed by atoms with Gasteiger partial charge >= 0.3 is 0 Å². The van der Waals surface area contributed by atoms with Gasteiger partial charge in [-0.25, -0.2) is 25.6 Å². The molecule has 19 heteroatoms. The molecular formula is C55H70F2N6O9S2. The van der Waals surface area contributed by atoms with Crippen LogP contribution in [0.3, 0.4) is 0 Å². The molecule has 4 aromatic carbocycles. The Morgan fingerprint density at radius 1 is 0.500 bits per heavy atom. The van der Waals surface area contributed by atoms with Gasteiger partial charge in [0.05, 0.1) is 11.5 Å². The van der Waals surface area contributed by atoms with Crippen molar-refractivity contribution in [3.8, 4) is 11.5 Å². The van der Waals surface area contributed by atoms with Gasteiger partial charge in [0.15, 0.2) is 11.6 Å². The van der Waals surface area contributed by atoms with Crippen LogP contribution in [0.1, 0.15) is 68.7 Å². The number of nitrogens with zero attached hydrogens (tertiary/aromatic N) is 6. The molecule has 400 valence electrons. The number of Topliss-reactive ketones (excluding diaryl/α,β-unsaturated/α-hetero) is 3. The molecule has 4 saturated heterocycles. The summed E-state index contributed by atoms with van der Waals surface area (Å²) < 4.78 is 85.8. The van der Waals surface area contributed by atoms with E-state index in [0.717, 1.165) is 0 Å². The zero-order valence-corrected chi connectivity index (χ0v) is 44.4. The quantitative estimate of drug-likeness (QED) is 0.124. The Kier molecular flexibility index (Phi) is 17.5. The summed E-state index contributed by atoms with van der Waals surface area (Å²) in [5.74, 6) is -7.80. The Labute approximate surface area is 434 Å². The molecule has 4 heterocycles. The topological polar surface area (TPSA) is 179 Å². The first-order valence-electron chi connectivity index (χ1n) is 25.8. The van der Waals surface area contributed by atoms with Crippen molar-refractivity contribution < 1.29 is 50.2 Å². The van der Waals surface area contributed by atoms with Crippen LogP contribution in [0.5, 0.6) is 11.5 Å². The summed E-state index contributed by atoms with van der Waals surface area (Å²) in [4.78, 5) is 55.4. The minimum Gasteiger partial charge on any atom is -0.508 e. The second-order valence-corrected chi connectivity index (χ2v) is 24.9. The summed E-state index contributed by atoms with van der Waals surface area (Å²) in [5, 5.41) is 21.3. The molecule has 4 fully saturated rings. The molecule has 74 heavy (non-hydrogen) atoms. The van der Waals surface area contributed by atoms with Gasteiger partial charge in [0.25, 0.3) is 0 Å². The lowest BCUT2D eigenvalue weighted by Crippen LogP contribution is -2.57. The van der Waals surface area contributed by atoms with Crippen LogP contribution in [0, 0.1) is 49.2 Å². The summed E-state index contributed by atoms with van der Waals surface area (Å²) in [6, 6.07) is 21.4. The summed E-state index contributed by atoms with van der Waals surface area (Å²) in [5.41, 5.74) is 1.97. The molecule has 6 atom stereocenters. The van der Waals surface area contributed by atoms with Crippen LogP contribution in [0.4, 0.5) is 8.78 Å². The highest BCUT2D eigenvalue weighted by molar-refractivity contribution is 7.89. The monoisotopic (exact) mass is 1060 g/mol. The van der Waals surface area contributed by atoms with Crippen molar-refractivity contribution in [1.82, 2.24) is 28.2 Å². The van der Waals surface area contributed by atoms with Crippen molar-refractivity contribution in [3.05, 3.63) is 130 Å². The van der Waals surface area contributed by atoms with E-state index in [1.165, 1.54) is 45.0 Å². The number of sulfonamides is 2. The van der Waals surface area contributed by atoms with E-state index < -0.39 is 67.2 Å². The summed E-state index contributed by atoms with van der Waals surface area (Å²) in [6.07, 6.45) is 0. The number of carbonyl (C=O) groups excluding carboxylic acids is 3. The predicted molar refractivity (Wildman–Crippen MR) is 279 cm³/mol. The summed E-state index contributed by atoms with van der Waals surface area (Å²) in [7, 11) is -6.75. The Morgan fingerprint density at radius 2 is 0.838 bits per heavy atom. The van der Waals surface area contributed by atoms with Gasteiger partial charge in [-0.1, -0.05) is 48.5 Å². The van der Waals surface area contributed by atoms with Gasteiger partial charge in [-0.15, -0.1) is 0 Å². The molecule has 0 spiro atoms. The lowest BCUT2D eigenvalue weighted by molar-refractivity contribution is -0.133. The van der Waals surface area contributed by atoms with Crippen LogP contribution in [-0.4, -0.2) is 189 Å². The normalized spacial score (nSPS) is 24.5. The predicted octanol–water partition coefficient (Wildman–Crippen LogP) is 5.23. The van der Waals surface area contributed by atoms with Crippen molar-refractivity contribution >= 4 is 37.4 Å². The first-order valence-corrected chi connectivity index (χ1v) is 29.1. The maximum absolute atomic E-state index is 16.6. The zero-order valence-electron chi connectivity index (χ0n) is 42.8. The Balaban J connectivity index is 1.21. The number of carbonyl (C=O) groups is 3. The van der Waals surface area contributed by atoms with E-state index in [2.05, 4.69) is 19.6 Å². The van der Waals surface area contributed by atoms with Crippen LogP contribution in [0.15, 0.2) is 84.9 Å². The van der Waals surface area contributed by atoms with Gasteiger partial charge in [-0.2, -0.15) is 8.61 Å². The molecule has 0 aliphatic carbocycles. The molecule has 0 radical (unpaired) electrons. The molecule has 2 N–H and O–H groups in total. The number of likely N-dealkylation sites (tertiary alicyclic amines) is 2. The molecule has 0 bridgehead atoms. The summed E-state index contributed by atoms with van der Waals surface area (Å²) in [6.45, 7) is 12.2. The van der Waals surface area contributed by atoms with Crippen LogP contribution in [0.2, 0.25) is 0 Å². The van der Waals surface area contributed by atoms with Crippen molar-refractivity contribution in [1.29, 1.82) is 0 Å². The molecule has 8 rings (SSSR count). The molecule has 6 unspecified atom stereocenters. The number of halogens is 2. The second kappa shape index (κ2) is 23.5. The Bertz CT molecular complexity index is 2720. The molecule has 15 nitrogen and oxygen atoms in total. The largest absolute Gasteiger partial charge is 0.508 e. The Morgan fingerprint density at radius 3 is 1.19 bits per heavy atom. The molecule has 0 saturated carbocycles. The Hall–Kier alpha value is -4.99. The molecule has 4 aromatic rings. The van der Waals surface area contributed by atoms with Crippen molar-refractivity contribution in [3.63, 3.8) is 0 Å². The number of rotatable bonds is 18. The van der Waals surface area contributed by atoms with E-state index in [0.29, 0.717) is 89.7 Å². The third-order valence-electron chi connectivity index (χ3n) is 16.2. The van der Waals surface area contributed by atoms with Crippen LogP contribution < -0.4 is 0 Å². The van der Waals surface area contributed by atoms with Gasteiger partial charge in [0.2, 0.25) is 20.0 Å². The van der Waals surface area contributed by atoms with E-state index in [4.69, 9.17) is 0 Å². The van der Waals surface area contributed by atoms with Gasteiger partial charge < -0.3 is 20.0 Å². The van der Waals surface area contributed by atoms with Gasteiger partial charge in [-0.3, -0.25) is 24.2 Å². The number of phenols is 2. The van der Waals surface area contributed by atoms with Crippen molar-refractivity contribution in [2.24, 2.45) is 23.7 Å². The smallest absolute Gasteiger partial charge is 0.213 e. The van der Waals surface area contributed by atoms with E-state index >= 15 is 23.2 Å². The first-order chi connectivity index (χ1) is 35.3. The molecule has 0 amide bonds. The average Bonchev–Trinajstić information content (AvgIpc) is 3.40. The lowest BCUT2D eigenvalue weighted by Gasteiger charge is -2.48. The minimum atomic E-state index is -3.38. The number of hydrogen-bond donors (Lipinski definition) is 2. The number of phenolic OH excluding ortho intramolecular Hbond substituents is 2.